The Bertz CT molecular complexity index is 1040. The number of carbonyl (C=O) groups is 1. The molecule has 1 amide bonds. The monoisotopic (exact) mass is 356 g/mol. The van der Waals surface area contributed by atoms with Crippen molar-refractivity contribution in [1.82, 2.24) is 4.98 Å². The minimum absolute atomic E-state index is 0.0438. The van der Waals surface area contributed by atoms with Crippen LogP contribution >= 0.6 is 0 Å². The summed E-state index contributed by atoms with van der Waals surface area (Å²) in [4.78, 5) is 15.6. The molecule has 4 heteroatoms. The maximum atomic E-state index is 12.4. The van der Waals surface area contributed by atoms with Crippen LogP contribution in [0.5, 0.6) is 5.75 Å². The minimum atomic E-state index is -0.0438. The fourth-order valence-electron chi connectivity index (χ4n) is 3.03. The first-order chi connectivity index (χ1) is 13.3. The number of hydrogen-bond acceptors (Lipinski definition) is 2. The molecule has 3 aromatic carbocycles. The summed E-state index contributed by atoms with van der Waals surface area (Å²) in [5.74, 6) is 0.728. The number of nitrogens with one attached hydrogen (secondary N) is 2. The van der Waals surface area contributed by atoms with E-state index in [9.17, 15) is 4.79 Å². The third-order valence-electron chi connectivity index (χ3n) is 4.41. The zero-order valence-electron chi connectivity index (χ0n) is 14.8. The highest BCUT2D eigenvalue weighted by atomic mass is 16.5. The van der Waals surface area contributed by atoms with Crippen molar-refractivity contribution in [2.45, 2.75) is 13.0 Å². The maximum absolute atomic E-state index is 12.4. The van der Waals surface area contributed by atoms with Crippen LogP contribution in [-0.2, 0) is 17.8 Å². The Hall–Kier alpha value is -3.53. The number of amides is 1. The molecule has 0 bridgehead atoms. The Morgan fingerprint density at radius 3 is 2.44 bits per heavy atom. The molecule has 0 aliphatic rings. The molecule has 0 spiro atoms. The summed E-state index contributed by atoms with van der Waals surface area (Å²) in [5, 5.41) is 4.02. The number of aromatic nitrogens is 1. The van der Waals surface area contributed by atoms with Crippen molar-refractivity contribution in [2.24, 2.45) is 0 Å². The van der Waals surface area contributed by atoms with Crippen molar-refractivity contribution in [3.63, 3.8) is 0 Å². The van der Waals surface area contributed by atoms with Gasteiger partial charge >= 0.3 is 0 Å². The lowest BCUT2D eigenvalue weighted by molar-refractivity contribution is -0.115. The predicted molar refractivity (Wildman–Crippen MR) is 108 cm³/mol. The average Bonchev–Trinajstić information content (AvgIpc) is 3.11. The zero-order valence-corrected chi connectivity index (χ0v) is 14.8. The van der Waals surface area contributed by atoms with Gasteiger partial charge in [-0.3, -0.25) is 4.79 Å². The van der Waals surface area contributed by atoms with E-state index in [4.69, 9.17) is 4.74 Å². The van der Waals surface area contributed by atoms with E-state index in [-0.39, 0.29) is 5.91 Å². The summed E-state index contributed by atoms with van der Waals surface area (Å²) in [5.41, 5.74) is 3.91. The summed E-state index contributed by atoms with van der Waals surface area (Å²) >= 11 is 0. The Morgan fingerprint density at radius 2 is 1.63 bits per heavy atom. The largest absolute Gasteiger partial charge is 0.489 e. The van der Waals surface area contributed by atoms with Crippen LogP contribution in [0.25, 0.3) is 10.9 Å². The Balaban J connectivity index is 1.34. The number of rotatable bonds is 6. The van der Waals surface area contributed by atoms with Gasteiger partial charge < -0.3 is 15.0 Å². The molecule has 27 heavy (non-hydrogen) atoms. The minimum Gasteiger partial charge on any atom is -0.489 e. The molecular weight excluding hydrogens is 336 g/mol. The first kappa shape index (κ1) is 16.9. The van der Waals surface area contributed by atoms with Gasteiger partial charge in [-0.2, -0.15) is 0 Å². The van der Waals surface area contributed by atoms with Crippen molar-refractivity contribution in [3.05, 3.63) is 96.2 Å². The highest BCUT2D eigenvalue weighted by Gasteiger charge is 2.09. The van der Waals surface area contributed by atoms with Gasteiger partial charge in [-0.25, -0.2) is 0 Å². The van der Waals surface area contributed by atoms with Gasteiger partial charge in [0.25, 0.3) is 0 Å². The second-order valence-corrected chi connectivity index (χ2v) is 6.38. The SMILES string of the molecule is O=C(Cc1c[nH]c2ccccc12)Nc1ccc(OCc2ccccc2)cc1. The molecule has 134 valence electrons. The molecule has 0 aliphatic heterocycles. The predicted octanol–water partition coefficient (Wildman–Crippen LogP) is 4.93. The van der Waals surface area contributed by atoms with E-state index in [0.29, 0.717) is 13.0 Å². The normalized spacial score (nSPS) is 10.7. The molecule has 0 radical (unpaired) electrons. The first-order valence-corrected chi connectivity index (χ1v) is 8.89. The number of fused-ring (bicyclic) bond motifs is 1. The smallest absolute Gasteiger partial charge is 0.228 e. The molecule has 4 rings (SSSR count). The number of carbonyl (C=O) groups excluding carboxylic acids is 1. The summed E-state index contributed by atoms with van der Waals surface area (Å²) < 4.78 is 5.77. The van der Waals surface area contributed by atoms with E-state index in [1.807, 2.05) is 85.1 Å². The molecule has 0 unspecified atom stereocenters. The van der Waals surface area contributed by atoms with Crippen LogP contribution in [0.4, 0.5) is 5.69 Å². The number of H-pyrrole nitrogens is 1. The Morgan fingerprint density at radius 1 is 0.889 bits per heavy atom. The lowest BCUT2D eigenvalue weighted by Crippen LogP contribution is -2.14. The number of anilines is 1. The lowest BCUT2D eigenvalue weighted by Gasteiger charge is -2.08. The van der Waals surface area contributed by atoms with Gasteiger partial charge in [0.15, 0.2) is 0 Å². The molecule has 4 nitrogen and oxygen atoms in total. The van der Waals surface area contributed by atoms with E-state index >= 15 is 0 Å². The van der Waals surface area contributed by atoms with Crippen LogP contribution in [0.1, 0.15) is 11.1 Å². The number of aromatic amines is 1. The number of benzene rings is 3. The topological polar surface area (TPSA) is 54.1 Å². The average molecular weight is 356 g/mol. The van der Waals surface area contributed by atoms with Gasteiger partial charge in [0, 0.05) is 22.8 Å². The third kappa shape index (κ3) is 4.18. The molecular formula is C23H20N2O2. The number of hydrogen-bond donors (Lipinski definition) is 2. The summed E-state index contributed by atoms with van der Waals surface area (Å²) in [7, 11) is 0. The summed E-state index contributed by atoms with van der Waals surface area (Å²) in [6.45, 7) is 0.521. The van der Waals surface area contributed by atoms with Gasteiger partial charge in [0.2, 0.25) is 5.91 Å². The van der Waals surface area contributed by atoms with E-state index in [1.165, 1.54) is 0 Å². The van der Waals surface area contributed by atoms with Gasteiger partial charge in [-0.1, -0.05) is 48.5 Å². The molecule has 0 fully saturated rings. The molecule has 1 heterocycles. The second-order valence-electron chi connectivity index (χ2n) is 6.38. The van der Waals surface area contributed by atoms with E-state index in [0.717, 1.165) is 33.5 Å². The highest BCUT2D eigenvalue weighted by molar-refractivity contribution is 5.95. The lowest BCUT2D eigenvalue weighted by atomic mass is 10.1. The van der Waals surface area contributed by atoms with Crippen LogP contribution in [0.15, 0.2) is 85.1 Å². The van der Waals surface area contributed by atoms with Crippen LogP contribution in [-0.4, -0.2) is 10.9 Å². The standard InChI is InChI=1S/C23H20N2O2/c26-23(14-18-15-24-22-9-5-4-8-21(18)22)25-19-10-12-20(13-11-19)27-16-17-6-2-1-3-7-17/h1-13,15,24H,14,16H2,(H,25,26). The second kappa shape index (κ2) is 7.79. The quantitative estimate of drug-likeness (QED) is 0.515. The van der Waals surface area contributed by atoms with E-state index in [2.05, 4.69) is 10.3 Å². The van der Waals surface area contributed by atoms with Crippen LogP contribution in [0.3, 0.4) is 0 Å². The van der Waals surface area contributed by atoms with Gasteiger partial charge in [0.05, 0.1) is 6.42 Å². The highest BCUT2D eigenvalue weighted by Crippen LogP contribution is 2.20. The molecule has 0 aliphatic carbocycles. The molecule has 2 N–H and O–H groups in total. The first-order valence-electron chi connectivity index (χ1n) is 8.89. The third-order valence-corrected chi connectivity index (χ3v) is 4.41. The van der Waals surface area contributed by atoms with Crippen molar-refractivity contribution >= 4 is 22.5 Å². The molecule has 0 atom stereocenters. The maximum Gasteiger partial charge on any atom is 0.228 e. The molecule has 0 saturated carbocycles. The van der Waals surface area contributed by atoms with Gasteiger partial charge in [-0.15, -0.1) is 0 Å². The summed E-state index contributed by atoms with van der Waals surface area (Å²) in [6, 6.07) is 25.4. The molecule has 0 saturated heterocycles. The summed E-state index contributed by atoms with van der Waals surface area (Å²) in [6.07, 6.45) is 2.22. The van der Waals surface area contributed by atoms with Crippen molar-refractivity contribution in [2.75, 3.05) is 5.32 Å². The van der Waals surface area contributed by atoms with Crippen LogP contribution in [0, 0.1) is 0 Å². The van der Waals surface area contributed by atoms with Gasteiger partial charge in [-0.05, 0) is 41.5 Å². The molecule has 1 aromatic heterocycles. The molecule has 4 aromatic rings. The fraction of sp³-hybridized carbons (Fsp3) is 0.0870. The van der Waals surface area contributed by atoms with E-state index < -0.39 is 0 Å². The Labute approximate surface area is 157 Å². The van der Waals surface area contributed by atoms with Crippen LogP contribution < -0.4 is 10.1 Å². The van der Waals surface area contributed by atoms with Gasteiger partial charge in [0.1, 0.15) is 12.4 Å². The van der Waals surface area contributed by atoms with Crippen molar-refractivity contribution in [3.8, 4) is 5.75 Å². The van der Waals surface area contributed by atoms with E-state index in [1.54, 1.807) is 0 Å². The Kier molecular flexibility index (Phi) is 4.88. The van der Waals surface area contributed by atoms with Crippen LogP contribution in [0.2, 0.25) is 0 Å². The zero-order chi connectivity index (χ0) is 18.5. The fourth-order valence-corrected chi connectivity index (χ4v) is 3.03. The number of ether oxygens (including phenoxy) is 1. The van der Waals surface area contributed by atoms with Crippen molar-refractivity contribution in [1.29, 1.82) is 0 Å². The van der Waals surface area contributed by atoms with Crippen molar-refractivity contribution < 1.29 is 9.53 Å². The number of para-hydroxylation sites is 1.